The van der Waals surface area contributed by atoms with Crippen molar-refractivity contribution < 1.29 is 13.2 Å². The van der Waals surface area contributed by atoms with Gasteiger partial charge in [-0.1, -0.05) is 6.92 Å². The fourth-order valence-corrected chi connectivity index (χ4v) is 2.11. The molecule has 5 heteroatoms. The summed E-state index contributed by atoms with van der Waals surface area (Å²) in [6, 6.07) is 0. The first-order valence-electron chi connectivity index (χ1n) is 5.41. The SMILES string of the molecule is CCCNC1(C(F)(F)F)CCCN(C)C1. The average molecular weight is 224 g/mol. The molecule has 0 aromatic carbocycles. The maximum Gasteiger partial charge on any atom is 0.407 e. The van der Waals surface area contributed by atoms with E-state index >= 15 is 0 Å². The van der Waals surface area contributed by atoms with Crippen molar-refractivity contribution in [2.75, 3.05) is 26.7 Å². The van der Waals surface area contributed by atoms with E-state index in [1.54, 1.807) is 11.9 Å². The highest BCUT2D eigenvalue weighted by Crippen LogP contribution is 2.36. The van der Waals surface area contributed by atoms with E-state index < -0.39 is 11.7 Å². The predicted octanol–water partition coefficient (Wildman–Crippen LogP) is 2.01. The Morgan fingerprint density at radius 1 is 1.40 bits per heavy atom. The second kappa shape index (κ2) is 4.70. The highest BCUT2D eigenvalue weighted by Gasteiger charge is 2.55. The van der Waals surface area contributed by atoms with Crippen LogP contribution in [0.2, 0.25) is 0 Å². The van der Waals surface area contributed by atoms with E-state index in [1.807, 2.05) is 6.92 Å². The monoisotopic (exact) mass is 224 g/mol. The summed E-state index contributed by atoms with van der Waals surface area (Å²) in [6.45, 7) is 3.12. The fourth-order valence-electron chi connectivity index (χ4n) is 2.11. The van der Waals surface area contributed by atoms with Crippen LogP contribution in [0.15, 0.2) is 0 Å². The summed E-state index contributed by atoms with van der Waals surface area (Å²) in [4.78, 5) is 1.75. The van der Waals surface area contributed by atoms with E-state index in [0.717, 1.165) is 13.0 Å². The van der Waals surface area contributed by atoms with Gasteiger partial charge in [-0.25, -0.2) is 0 Å². The first-order valence-corrected chi connectivity index (χ1v) is 5.41. The van der Waals surface area contributed by atoms with Crippen molar-refractivity contribution in [2.24, 2.45) is 0 Å². The van der Waals surface area contributed by atoms with Crippen LogP contribution in [0.3, 0.4) is 0 Å². The summed E-state index contributed by atoms with van der Waals surface area (Å²) in [7, 11) is 1.74. The molecule has 0 aliphatic carbocycles. The lowest BCUT2D eigenvalue weighted by atomic mass is 9.88. The highest BCUT2D eigenvalue weighted by molar-refractivity contribution is 4.99. The van der Waals surface area contributed by atoms with Gasteiger partial charge in [-0.2, -0.15) is 13.2 Å². The molecular weight excluding hydrogens is 205 g/mol. The van der Waals surface area contributed by atoms with Crippen molar-refractivity contribution in [2.45, 2.75) is 37.9 Å². The molecule has 1 atom stereocenters. The molecule has 90 valence electrons. The number of likely N-dealkylation sites (tertiary alicyclic amines) is 1. The number of nitrogens with zero attached hydrogens (tertiary/aromatic N) is 1. The Labute approximate surface area is 88.8 Å². The molecule has 1 saturated heterocycles. The van der Waals surface area contributed by atoms with Crippen LogP contribution in [0.1, 0.15) is 26.2 Å². The third-order valence-electron chi connectivity index (χ3n) is 2.94. The number of halogens is 3. The van der Waals surface area contributed by atoms with Gasteiger partial charge in [0.05, 0.1) is 0 Å². The maximum atomic E-state index is 13.0. The smallest absolute Gasteiger partial charge is 0.304 e. The first kappa shape index (κ1) is 12.8. The Balaban J connectivity index is 2.75. The number of rotatable bonds is 3. The minimum Gasteiger partial charge on any atom is -0.304 e. The van der Waals surface area contributed by atoms with Gasteiger partial charge in [0.25, 0.3) is 0 Å². The van der Waals surface area contributed by atoms with Gasteiger partial charge in [0.2, 0.25) is 0 Å². The van der Waals surface area contributed by atoms with Gasteiger partial charge in [0, 0.05) is 6.54 Å². The second-order valence-electron chi connectivity index (χ2n) is 4.35. The van der Waals surface area contributed by atoms with Crippen molar-refractivity contribution in [1.82, 2.24) is 10.2 Å². The number of hydrogen-bond donors (Lipinski definition) is 1. The minimum atomic E-state index is -4.16. The quantitative estimate of drug-likeness (QED) is 0.789. The minimum absolute atomic E-state index is 0.0660. The molecule has 0 spiro atoms. The summed E-state index contributed by atoms with van der Waals surface area (Å²) in [5.74, 6) is 0. The third-order valence-corrected chi connectivity index (χ3v) is 2.94. The van der Waals surface area contributed by atoms with Crippen LogP contribution in [0.4, 0.5) is 13.2 Å². The van der Waals surface area contributed by atoms with Gasteiger partial charge in [-0.05, 0) is 39.4 Å². The zero-order chi connectivity index (χ0) is 11.5. The molecule has 0 aromatic rings. The third kappa shape index (κ3) is 2.84. The Morgan fingerprint density at radius 2 is 2.07 bits per heavy atom. The summed E-state index contributed by atoms with van der Waals surface area (Å²) in [5.41, 5.74) is -1.68. The summed E-state index contributed by atoms with van der Waals surface area (Å²) >= 11 is 0. The number of likely N-dealkylation sites (N-methyl/N-ethyl adjacent to an activating group) is 1. The van der Waals surface area contributed by atoms with E-state index in [0.29, 0.717) is 13.0 Å². The second-order valence-corrected chi connectivity index (χ2v) is 4.35. The van der Waals surface area contributed by atoms with Gasteiger partial charge >= 0.3 is 6.18 Å². The number of piperidine rings is 1. The Morgan fingerprint density at radius 3 is 2.53 bits per heavy atom. The first-order chi connectivity index (χ1) is 6.91. The van der Waals surface area contributed by atoms with Gasteiger partial charge in [0.15, 0.2) is 0 Å². The average Bonchev–Trinajstić information content (AvgIpc) is 2.13. The van der Waals surface area contributed by atoms with Crippen molar-refractivity contribution in [1.29, 1.82) is 0 Å². The molecule has 1 aliphatic rings. The Kier molecular flexibility index (Phi) is 4.00. The number of nitrogens with one attached hydrogen (secondary N) is 1. The molecule has 0 aromatic heterocycles. The number of hydrogen-bond acceptors (Lipinski definition) is 2. The van der Waals surface area contributed by atoms with E-state index in [1.165, 1.54) is 0 Å². The molecule has 15 heavy (non-hydrogen) atoms. The van der Waals surface area contributed by atoms with Crippen molar-refractivity contribution in [3.8, 4) is 0 Å². The molecule has 1 rings (SSSR count). The van der Waals surface area contributed by atoms with E-state index in [-0.39, 0.29) is 13.0 Å². The fraction of sp³-hybridized carbons (Fsp3) is 1.00. The van der Waals surface area contributed by atoms with Crippen LogP contribution in [-0.2, 0) is 0 Å². The molecular formula is C10H19F3N2. The molecule has 1 heterocycles. The van der Waals surface area contributed by atoms with Gasteiger partial charge in [0.1, 0.15) is 5.54 Å². The predicted molar refractivity (Wildman–Crippen MR) is 53.8 cm³/mol. The normalized spacial score (nSPS) is 29.4. The molecule has 0 amide bonds. The van der Waals surface area contributed by atoms with Crippen LogP contribution >= 0.6 is 0 Å². The zero-order valence-corrected chi connectivity index (χ0v) is 9.32. The van der Waals surface area contributed by atoms with Crippen molar-refractivity contribution in [3.63, 3.8) is 0 Å². The van der Waals surface area contributed by atoms with E-state index in [9.17, 15) is 13.2 Å². The highest BCUT2D eigenvalue weighted by atomic mass is 19.4. The standard InChI is InChI=1S/C10H19F3N2/c1-3-6-14-9(10(11,12)13)5-4-7-15(2)8-9/h14H,3-8H2,1-2H3. The molecule has 0 saturated carbocycles. The lowest BCUT2D eigenvalue weighted by Gasteiger charge is -2.43. The van der Waals surface area contributed by atoms with E-state index in [4.69, 9.17) is 0 Å². The maximum absolute atomic E-state index is 13.0. The molecule has 1 N–H and O–H groups in total. The van der Waals surface area contributed by atoms with Crippen LogP contribution in [-0.4, -0.2) is 43.3 Å². The summed E-state index contributed by atoms with van der Waals surface area (Å²) in [6.07, 6.45) is -2.63. The molecule has 0 bridgehead atoms. The van der Waals surface area contributed by atoms with Crippen LogP contribution < -0.4 is 5.32 Å². The molecule has 0 radical (unpaired) electrons. The van der Waals surface area contributed by atoms with Gasteiger partial charge in [-0.15, -0.1) is 0 Å². The van der Waals surface area contributed by atoms with Crippen LogP contribution in [0.25, 0.3) is 0 Å². The van der Waals surface area contributed by atoms with Crippen LogP contribution in [0.5, 0.6) is 0 Å². The molecule has 2 nitrogen and oxygen atoms in total. The van der Waals surface area contributed by atoms with Gasteiger partial charge < -0.3 is 10.2 Å². The van der Waals surface area contributed by atoms with Gasteiger partial charge in [-0.3, -0.25) is 0 Å². The summed E-state index contributed by atoms with van der Waals surface area (Å²) < 4.78 is 39.0. The number of alkyl halides is 3. The van der Waals surface area contributed by atoms with Crippen molar-refractivity contribution in [3.05, 3.63) is 0 Å². The molecule has 1 unspecified atom stereocenters. The lowest BCUT2D eigenvalue weighted by Crippen LogP contribution is -2.64. The topological polar surface area (TPSA) is 15.3 Å². The largest absolute Gasteiger partial charge is 0.407 e. The van der Waals surface area contributed by atoms with E-state index in [2.05, 4.69) is 5.32 Å². The summed E-state index contributed by atoms with van der Waals surface area (Å²) in [5, 5.41) is 2.69. The van der Waals surface area contributed by atoms with Crippen LogP contribution in [0, 0.1) is 0 Å². The lowest BCUT2D eigenvalue weighted by molar-refractivity contribution is -0.209. The molecule has 1 aliphatic heterocycles. The molecule has 1 fully saturated rings. The Hall–Kier alpha value is -0.290. The van der Waals surface area contributed by atoms with Crippen molar-refractivity contribution >= 4 is 0 Å². The Bertz CT molecular complexity index is 205. The zero-order valence-electron chi connectivity index (χ0n) is 9.32.